The molecule has 3 N–H and O–H groups in total. The summed E-state index contributed by atoms with van der Waals surface area (Å²) in [6, 6.07) is 0.305. The van der Waals surface area contributed by atoms with Crippen molar-refractivity contribution in [3.05, 3.63) is 0 Å². The molecule has 0 aromatic heterocycles. The summed E-state index contributed by atoms with van der Waals surface area (Å²) in [7, 11) is 0. The van der Waals surface area contributed by atoms with Crippen LogP contribution in [0.25, 0.3) is 0 Å². The van der Waals surface area contributed by atoms with Gasteiger partial charge in [0.05, 0.1) is 10.4 Å². The van der Waals surface area contributed by atoms with Crippen LogP contribution >= 0.6 is 12.2 Å². The Morgan fingerprint density at radius 3 is 2.35 bits per heavy atom. The molecular weight excluding hydrogens is 232 g/mol. The molecule has 0 saturated heterocycles. The molecule has 0 spiro atoms. The van der Waals surface area contributed by atoms with Crippen LogP contribution in [0.1, 0.15) is 52.9 Å². The minimum Gasteiger partial charge on any atom is -0.392 e. The van der Waals surface area contributed by atoms with E-state index in [0.29, 0.717) is 17.5 Å². The van der Waals surface area contributed by atoms with Gasteiger partial charge in [0.25, 0.3) is 0 Å². The fourth-order valence-electron chi connectivity index (χ4n) is 2.20. The van der Waals surface area contributed by atoms with Gasteiger partial charge >= 0.3 is 0 Å². The number of nitrogens with two attached hydrogens (primary N) is 1. The number of thiocarbonyl (C=S) groups is 1. The first-order valence-electron chi connectivity index (χ1n) is 6.51. The lowest BCUT2D eigenvalue weighted by atomic mass is 9.84. The average molecular weight is 256 g/mol. The normalized spacial score (nSPS) is 28.2. The van der Waals surface area contributed by atoms with Gasteiger partial charge in [-0.15, -0.1) is 0 Å². The first-order valence-corrected chi connectivity index (χ1v) is 6.91. The second kappa shape index (κ2) is 5.80. The number of nitrogens with one attached hydrogen (secondary N) is 1. The van der Waals surface area contributed by atoms with Crippen molar-refractivity contribution in [1.29, 1.82) is 0 Å². The molecule has 1 aliphatic carbocycles. The Bertz CT molecular complexity index is 298. The predicted molar refractivity (Wildman–Crippen MR) is 74.7 cm³/mol. The van der Waals surface area contributed by atoms with Gasteiger partial charge in [-0.1, -0.05) is 26.1 Å². The van der Waals surface area contributed by atoms with Crippen molar-refractivity contribution in [3.63, 3.8) is 0 Å². The highest BCUT2D eigenvalue weighted by atomic mass is 32.1. The second-order valence-corrected chi connectivity index (χ2v) is 5.92. The fourth-order valence-corrected chi connectivity index (χ4v) is 2.43. The number of carbonyl (C=O) groups excluding carboxylic acids is 1. The van der Waals surface area contributed by atoms with Crippen LogP contribution < -0.4 is 11.1 Å². The van der Waals surface area contributed by atoms with E-state index in [0.717, 1.165) is 18.8 Å². The highest BCUT2D eigenvalue weighted by Crippen LogP contribution is 2.26. The van der Waals surface area contributed by atoms with E-state index in [2.05, 4.69) is 12.2 Å². The van der Waals surface area contributed by atoms with E-state index >= 15 is 0 Å². The Labute approximate surface area is 110 Å². The molecule has 17 heavy (non-hydrogen) atoms. The van der Waals surface area contributed by atoms with E-state index in [1.54, 1.807) is 0 Å². The number of carbonyl (C=O) groups is 1. The maximum atomic E-state index is 12.2. The van der Waals surface area contributed by atoms with E-state index < -0.39 is 5.41 Å². The Kier molecular flexibility index (Phi) is 4.92. The lowest BCUT2D eigenvalue weighted by Gasteiger charge is -2.32. The van der Waals surface area contributed by atoms with E-state index in [4.69, 9.17) is 18.0 Å². The smallest absolute Gasteiger partial charge is 0.232 e. The summed E-state index contributed by atoms with van der Waals surface area (Å²) in [6.07, 6.45) is 5.19. The maximum absolute atomic E-state index is 12.2. The molecule has 4 heteroatoms. The average Bonchev–Trinajstić information content (AvgIpc) is 2.30. The minimum absolute atomic E-state index is 0.00736. The Balaban J connectivity index is 2.56. The summed E-state index contributed by atoms with van der Waals surface area (Å²) in [5, 5.41) is 3.11. The second-order valence-electron chi connectivity index (χ2n) is 5.48. The number of hydrogen-bond acceptors (Lipinski definition) is 2. The van der Waals surface area contributed by atoms with Gasteiger partial charge < -0.3 is 11.1 Å². The summed E-state index contributed by atoms with van der Waals surface area (Å²) in [4.78, 5) is 12.5. The molecule has 0 heterocycles. The molecule has 98 valence electrons. The molecule has 1 atom stereocenters. The summed E-state index contributed by atoms with van der Waals surface area (Å²) in [5.74, 6) is 0.781. The molecule has 1 unspecified atom stereocenters. The van der Waals surface area contributed by atoms with Crippen molar-refractivity contribution >= 4 is 23.1 Å². The van der Waals surface area contributed by atoms with Crippen molar-refractivity contribution < 1.29 is 4.79 Å². The molecule has 0 radical (unpaired) electrons. The van der Waals surface area contributed by atoms with Gasteiger partial charge in [-0.05, 0) is 44.9 Å². The van der Waals surface area contributed by atoms with E-state index in [1.165, 1.54) is 12.8 Å². The zero-order valence-corrected chi connectivity index (χ0v) is 11.9. The molecule has 3 nitrogen and oxygen atoms in total. The Morgan fingerprint density at radius 1 is 1.41 bits per heavy atom. The van der Waals surface area contributed by atoms with Crippen LogP contribution in [0.3, 0.4) is 0 Å². The summed E-state index contributed by atoms with van der Waals surface area (Å²) < 4.78 is 0. The molecule has 0 aromatic carbocycles. The van der Waals surface area contributed by atoms with Gasteiger partial charge in [0.1, 0.15) is 0 Å². The number of amides is 1. The van der Waals surface area contributed by atoms with Gasteiger partial charge in [0, 0.05) is 6.04 Å². The minimum atomic E-state index is -0.696. The largest absolute Gasteiger partial charge is 0.392 e. The Morgan fingerprint density at radius 2 is 1.94 bits per heavy atom. The van der Waals surface area contributed by atoms with Gasteiger partial charge in [-0.3, -0.25) is 4.79 Å². The molecule has 0 aromatic rings. The topological polar surface area (TPSA) is 55.1 Å². The van der Waals surface area contributed by atoms with Crippen molar-refractivity contribution in [2.45, 2.75) is 58.9 Å². The molecule has 1 amide bonds. The zero-order valence-electron chi connectivity index (χ0n) is 11.1. The van der Waals surface area contributed by atoms with Crippen LogP contribution in [0.4, 0.5) is 0 Å². The SMILES string of the molecule is CCC(C)(C(=O)NC1CCC(C)CC1)C(N)=S. The van der Waals surface area contributed by atoms with Crippen molar-refractivity contribution in [1.82, 2.24) is 5.32 Å². The molecule has 0 aliphatic heterocycles. The van der Waals surface area contributed by atoms with Gasteiger partial charge in [0.2, 0.25) is 5.91 Å². The monoisotopic (exact) mass is 256 g/mol. The highest BCUT2D eigenvalue weighted by Gasteiger charge is 2.35. The van der Waals surface area contributed by atoms with Crippen molar-refractivity contribution in [2.24, 2.45) is 17.1 Å². The third kappa shape index (κ3) is 3.41. The van der Waals surface area contributed by atoms with Gasteiger partial charge in [-0.25, -0.2) is 0 Å². The lowest BCUT2D eigenvalue weighted by molar-refractivity contribution is -0.128. The lowest BCUT2D eigenvalue weighted by Crippen LogP contribution is -2.50. The van der Waals surface area contributed by atoms with Crippen LogP contribution in [0.2, 0.25) is 0 Å². The zero-order chi connectivity index (χ0) is 13.1. The van der Waals surface area contributed by atoms with Gasteiger partial charge in [0.15, 0.2) is 0 Å². The van der Waals surface area contributed by atoms with Crippen LogP contribution in [0.5, 0.6) is 0 Å². The first-order chi connectivity index (χ1) is 7.90. The maximum Gasteiger partial charge on any atom is 0.232 e. The summed E-state index contributed by atoms with van der Waals surface area (Å²) >= 11 is 5.01. The van der Waals surface area contributed by atoms with E-state index in [-0.39, 0.29) is 5.91 Å². The van der Waals surface area contributed by atoms with Crippen LogP contribution in [-0.2, 0) is 4.79 Å². The van der Waals surface area contributed by atoms with E-state index in [9.17, 15) is 4.79 Å². The first kappa shape index (κ1) is 14.4. The van der Waals surface area contributed by atoms with Crippen LogP contribution in [0.15, 0.2) is 0 Å². The molecule has 0 bridgehead atoms. The quantitative estimate of drug-likeness (QED) is 0.759. The Hall–Kier alpha value is -0.640. The number of hydrogen-bond donors (Lipinski definition) is 2. The summed E-state index contributed by atoms with van der Waals surface area (Å²) in [6.45, 7) is 6.04. The van der Waals surface area contributed by atoms with Gasteiger partial charge in [-0.2, -0.15) is 0 Å². The standard InChI is InChI=1S/C13H24N2OS/c1-4-13(3,11(14)17)12(16)15-10-7-5-9(2)6-8-10/h9-10H,4-8H2,1-3H3,(H2,14,17)(H,15,16). The van der Waals surface area contributed by atoms with Crippen molar-refractivity contribution in [3.8, 4) is 0 Å². The van der Waals surface area contributed by atoms with Crippen LogP contribution in [0, 0.1) is 11.3 Å². The van der Waals surface area contributed by atoms with Crippen LogP contribution in [-0.4, -0.2) is 16.9 Å². The predicted octanol–water partition coefficient (Wildman–Crippen LogP) is 2.38. The third-order valence-electron chi connectivity index (χ3n) is 4.10. The van der Waals surface area contributed by atoms with E-state index in [1.807, 2.05) is 13.8 Å². The molecular formula is C13H24N2OS. The molecule has 1 saturated carbocycles. The van der Waals surface area contributed by atoms with Crippen molar-refractivity contribution in [2.75, 3.05) is 0 Å². The fraction of sp³-hybridized carbons (Fsp3) is 0.846. The summed E-state index contributed by atoms with van der Waals surface area (Å²) in [5.41, 5.74) is 4.98. The third-order valence-corrected chi connectivity index (χ3v) is 4.55. The highest BCUT2D eigenvalue weighted by molar-refractivity contribution is 7.80. The molecule has 1 aliphatic rings. The molecule has 1 rings (SSSR count). The number of rotatable bonds is 4. The molecule has 1 fully saturated rings.